The SMILES string of the molecule is CC(C)C1(C(=O)O)CCN(C(=O)CCC(C)(C)c2ccccc2)C1. The molecule has 1 aliphatic rings. The van der Waals surface area contributed by atoms with Gasteiger partial charge in [-0.2, -0.15) is 0 Å². The van der Waals surface area contributed by atoms with Gasteiger partial charge in [0.1, 0.15) is 0 Å². The Balaban J connectivity index is 1.98. The average molecular weight is 331 g/mol. The van der Waals surface area contributed by atoms with Crippen LogP contribution in [-0.4, -0.2) is 35.0 Å². The largest absolute Gasteiger partial charge is 0.481 e. The highest BCUT2D eigenvalue weighted by Gasteiger charge is 2.48. The minimum atomic E-state index is -0.787. The number of carbonyl (C=O) groups is 2. The maximum atomic E-state index is 12.6. The van der Waals surface area contributed by atoms with E-state index in [0.717, 1.165) is 6.42 Å². The van der Waals surface area contributed by atoms with Crippen LogP contribution in [-0.2, 0) is 15.0 Å². The van der Waals surface area contributed by atoms with E-state index in [1.54, 1.807) is 4.90 Å². The van der Waals surface area contributed by atoms with Crippen LogP contribution in [0.5, 0.6) is 0 Å². The summed E-state index contributed by atoms with van der Waals surface area (Å²) in [6.07, 6.45) is 1.76. The fraction of sp³-hybridized carbons (Fsp3) is 0.600. The Morgan fingerprint density at radius 1 is 1.25 bits per heavy atom. The number of rotatable bonds is 6. The van der Waals surface area contributed by atoms with Crippen molar-refractivity contribution >= 4 is 11.9 Å². The van der Waals surface area contributed by atoms with Crippen LogP contribution in [0.25, 0.3) is 0 Å². The molecule has 1 heterocycles. The molecule has 0 saturated carbocycles. The molecule has 1 aliphatic heterocycles. The molecule has 0 bridgehead atoms. The number of carbonyl (C=O) groups excluding carboxylic acids is 1. The second kappa shape index (κ2) is 6.96. The lowest BCUT2D eigenvalue weighted by Crippen LogP contribution is -2.40. The Hall–Kier alpha value is -1.84. The number of amides is 1. The molecule has 0 radical (unpaired) electrons. The Morgan fingerprint density at radius 3 is 2.38 bits per heavy atom. The van der Waals surface area contributed by atoms with Crippen LogP contribution in [0.3, 0.4) is 0 Å². The molecular weight excluding hydrogens is 302 g/mol. The Labute approximate surface area is 144 Å². The predicted octanol–water partition coefficient (Wildman–Crippen LogP) is 3.70. The van der Waals surface area contributed by atoms with Crippen LogP contribution in [0, 0.1) is 11.3 Å². The van der Waals surface area contributed by atoms with Crippen molar-refractivity contribution in [3.63, 3.8) is 0 Å². The molecule has 4 nitrogen and oxygen atoms in total. The first kappa shape index (κ1) is 18.5. The van der Waals surface area contributed by atoms with Crippen LogP contribution in [0.4, 0.5) is 0 Å². The summed E-state index contributed by atoms with van der Waals surface area (Å²) in [5, 5.41) is 9.60. The minimum Gasteiger partial charge on any atom is -0.481 e. The molecule has 0 aliphatic carbocycles. The molecule has 0 aromatic heterocycles. The third kappa shape index (κ3) is 3.63. The molecule has 1 atom stereocenters. The summed E-state index contributed by atoms with van der Waals surface area (Å²) in [4.78, 5) is 26.0. The number of hydrogen-bond acceptors (Lipinski definition) is 2. The number of benzene rings is 1. The van der Waals surface area contributed by atoms with Crippen LogP contribution in [0.15, 0.2) is 30.3 Å². The highest BCUT2D eigenvalue weighted by molar-refractivity contribution is 5.81. The molecule has 24 heavy (non-hydrogen) atoms. The number of carboxylic acid groups (broad SMARTS) is 1. The van der Waals surface area contributed by atoms with Gasteiger partial charge in [0, 0.05) is 19.5 Å². The molecule has 1 saturated heterocycles. The lowest BCUT2D eigenvalue weighted by atomic mass is 9.76. The van der Waals surface area contributed by atoms with Gasteiger partial charge >= 0.3 is 5.97 Å². The minimum absolute atomic E-state index is 0.0218. The Morgan fingerprint density at radius 2 is 1.88 bits per heavy atom. The maximum Gasteiger partial charge on any atom is 0.311 e. The third-order valence-electron chi connectivity index (χ3n) is 5.70. The quantitative estimate of drug-likeness (QED) is 0.864. The molecule has 4 heteroatoms. The maximum absolute atomic E-state index is 12.6. The van der Waals surface area contributed by atoms with Crippen molar-refractivity contribution in [2.45, 2.75) is 52.4 Å². The van der Waals surface area contributed by atoms with Crippen molar-refractivity contribution in [1.29, 1.82) is 0 Å². The molecule has 1 fully saturated rings. The Kier molecular flexibility index (Phi) is 5.36. The predicted molar refractivity (Wildman–Crippen MR) is 94.8 cm³/mol. The van der Waals surface area contributed by atoms with Crippen molar-refractivity contribution in [2.75, 3.05) is 13.1 Å². The van der Waals surface area contributed by atoms with E-state index in [2.05, 4.69) is 26.0 Å². The molecule has 1 amide bonds. The van der Waals surface area contributed by atoms with E-state index in [-0.39, 0.29) is 17.2 Å². The van der Waals surface area contributed by atoms with E-state index in [1.807, 2.05) is 32.0 Å². The fourth-order valence-corrected chi connectivity index (χ4v) is 3.55. The van der Waals surface area contributed by atoms with Gasteiger partial charge in [-0.3, -0.25) is 9.59 Å². The fourth-order valence-electron chi connectivity index (χ4n) is 3.55. The number of nitrogens with zero attached hydrogens (tertiary/aromatic N) is 1. The summed E-state index contributed by atoms with van der Waals surface area (Å²) >= 11 is 0. The van der Waals surface area contributed by atoms with Gasteiger partial charge in [-0.15, -0.1) is 0 Å². The number of aliphatic carboxylic acids is 1. The van der Waals surface area contributed by atoms with E-state index in [4.69, 9.17) is 0 Å². The van der Waals surface area contributed by atoms with Crippen molar-refractivity contribution < 1.29 is 14.7 Å². The van der Waals surface area contributed by atoms with Gasteiger partial charge in [-0.25, -0.2) is 0 Å². The molecule has 0 spiro atoms. The number of hydrogen-bond donors (Lipinski definition) is 1. The standard InChI is InChI=1S/C20H29NO3/c1-15(2)20(18(23)24)12-13-21(14-20)17(22)10-11-19(3,4)16-8-6-5-7-9-16/h5-9,15H,10-14H2,1-4H3,(H,23,24). The highest BCUT2D eigenvalue weighted by Crippen LogP contribution is 2.39. The van der Waals surface area contributed by atoms with Crippen molar-refractivity contribution in [2.24, 2.45) is 11.3 Å². The summed E-state index contributed by atoms with van der Waals surface area (Å²) in [6, 6.07) is 10.2. The second-order valence-electron chi connectivity index (χ2n) is 7.93. The van der Waals surface area contributed by atoms with Gasteiger partial charge < -0.3 is 10.0 Å². The average Bonchev–Trinajstić information content (AvgIpc) is 3.00. The second-order valence-corrected chi connectivity index (χ2v) is 7.93. The first-order valence-electron chi connectivity index (χ1n) is 8.76. The van der Waals surface area contributed by atoms with Gasteiger partial charge in [0.2, 0.25) is 5.91 Å². The molecular formula is C20H29NO3. The first-order chi connectivity index (χ1) is 11.2. The number of carboxylic acids is 1. The van der Waals surface area contributed by atoms with Crippen LogP contribution >= 0.6 is 0 Å². The third-order valence-corrected chi connectivity index (χ3v) is 5.70. The van der Waals surface area contributed by atoms with Crippen LogP contribution in [0.2, 0.25) is 0 Å². The number of likely N-dealkylation sites (tertiary alicyclic amines) is 1. The van der Waals surface area contributed by atoms with Crippen molar-refractivity contribution in [3.8, 4) is 0 Å². The molecule has 1 aromatic rings. The molecule has 132 valence electrons. The van der Waals surface area contributed by atoms with Gasteiger partial charge in [0.25, 0.3) is 0 Å². The zero-order valence-electron chi connectivity index (χ0n) is 15.2. The topological polar surface area (TPSA) is 57.6 Å². The van der Waals surface area contributed by atoms with E-state index >= 15 is 0 Å². The van der Waals surface area contributed by atoms with E-state index in [0.29, 0.717) is 25.9 Å². The highest BCUT2D eigenvalue weighted by atomic mass is 16.4. The summed E-state index contributed by atoms with van der Waals surface area (Å²) in [5.41, 5.74) is 0.365. The van der Waals surface area contributed by atoms with Gasteiger partial charge in [-0.1, -0.05) is 58.0 Å². The zero-order valence-corrected chi connectivity index (χ0v) is 15.2. The lowest BCUT2D eigenvalue weighted by molar-refractivity contribution is -0.151. The van der Waals surface area contributed by atoms with Crippen molar-refractivity contribution in [1.82, 2.24) is 4.90 Å². The monoisotopic (exact) mass is 331 g/mol. The van der Waals surface area contributed by atoms with Crippen molar-refractivity contribution in [3.05, 3.63) is 35.9 Å². The summed E-state index contributed by atoms with van der Waals surface area (Å²) in [6.45, 7) is 9.05. The van der Waals surface area contributed by atoms with Gasteiger partial charge in [0.15, 0.2) is 0 Å². The van der Waals surface area contributed by atoms with E-state index < -0.39 is 11.4 Å². The van der Waals surface area contributed by atoms with Gasteiger partial charge in [0.05, 0.1) is 5.41 Å². The molecule has 1 N–H and O–H groups in total. The van der Waals surface area contributed by atoms with E-state index in [9.17, 15) is 14.7 Å². The molecule has 1 unspecified atom stereocenters. The lowest BCUT2D eigenvalue weighted by Gasteiger charge is -2.29. The molecule has 2 rings (SSSR count). The summed E-state index contributed by atoms with van der Waals surface area (Å²) < 4.78 is 0. The summed E-state index contributed by atoms with van der Waals surface area (Å²) in [7, 11) is 0. The van der Waals surface area contributed by atoms with E-state index in [1.165, 1.54) is 5.56 Å². The normalized spacial score (nSPS) is 21.3. The Bertz CT molecular complexity index is 594. The van der Waals surface area contributed by atoms with Crippen LogP contribution in [0.1, 0.15) is 52.5 Å². The van der Waals surface area contributed by atoms with Gasteiger partial charge in [-0.05, 0) is 29.7 Å². The zero-order chi connectivity index (χ0) is 18.0. The smallest absolute Gasteiger partial charge is 0.311 e. The van der Waals surface area contributed by atoms with Crippen LogP contribution < -0.4 is 0 Å². The molecule has 1 aromatic carbocycles. The summed E-state index contributed by atoms with van der Waals surface area (Å²) in [5.74, 6) is -0.686. The first-order valence-corrected chi connectivity index (χ1v) is 8.76.